The molecule has 1 aliphatic rings. The van der Waals surface area contributed by atoms with E-state index in [-0.39, 0.29) is 35.9 Å². The first-order valence-corrected chi connectivity index (χ1v) is 9.30. The van der Waals surface area contributed by atoms with Crippen LogP contribution in [0.4, 0.5) is 0 Å². The fraction of sp³-hybridized carbons (Fsp3) is 0.450. The maximum absolute atomic E-state index is 12.8. The van der Waals surface area contributed by atoms with Gasteiger partial charge in [-0.2, -0.15) is 0 Å². The molecule has 1 saturated carbocycles. The van der Waals surface area contributed by atoms with Crippen molar-refractivity contribution in [3.05, 3.63) is 52.7 Å². The van der Waals surface area contributed by atoms with Gasteiger partial charge in [0.05, 0.1) is 12.8 Å². The van der Waals surface area contributed by atoms with Crippen molar-refractivity contribution >= 4 is 24.2 Å². The number of carbonyl (C=O) groups excluding carboxylic acids is 1. The molecule has 1 fully saturated rings. The Morgan fingerprint density at radius 2 is 1.82 bits per heavy atom. The third-order valence-electron chi connectivity index (χ3n) is 5.45. The van der Waals surface area contributed by atoms with Crippen molar-refractivity contribution in [1.82, 2.24) is 9.13 Å². The van der Waals surface area contributed by atoms with Crippen LogP contribution in [-0.2, 0) is 9.53 Å². The number of imidazole rings is 1. The summed E-state index contributed by atoms with van der Waals surface area (Å²) in [6.07, 6.45) is 8.89. The molecule has 1 aromatic heterocycles. The average Bonchev–Trinajstić information content (AvgIpc) is 3.08. The first kappa shape index (κ1) is 21.8. The van der Waals surface area contributed by atoms with Crippen LogP contribution in [0.1, 0.15) is 50.1 Å². The number of nitrogens with zero attached hydrogens (tertiary/aromatic N) is 2. The molecule has 1 aromatic carbocycles. The van der Waals surface area contributed by atoms with Crippen LogP contribution in [0.3, 0.4) is 0 Å². The minimum atomic E-state index is -0.152. The third-order valence-corrected chi connectivity index (χ3v) is 5.45. The summed E-state index contributed by atoms with van der Waals surface area (Å²) in [7, 11) is 1.42. The van der Waals surface area contributed by atoms with Crippen molar-refractivity contribution in [3.8, 4) is 5.69 Å². The second-order valence-electron chi connectivity index (χ2n) is 7.11. The first-order valence-electron chi connectivity index (χ1n) is 9.30. The predicted octanol–water partition coefficient (Wildman–Crippen LogP) is 3.03. The number of nitrogen functional groups attached to an aromatic ring is 1. The topological polar surface area (TPSA) is 103 Å². The zero-order chi connectivity index (χ0) is 19.4. The van der Waals surface area contributed by atoms with E-state index in [9.17, 15) is 9.59 Å². The number of nitrogens with one attached hydrogen (secondary N) is 1. The van der Waals surface area contributed by atoms with E-state index < -0.39 is 0 Å². The molecular formula is C20H27ClN4O3. The maximum atomic E-state index is 12.8. The average molecular weight is 407 g/mol. The van der Waals surface area contributed by atoms with Crippen LogP contribution in [0, 0.1) is 11.3 Å². The zero-order valence-corrected chi connectivity index (χ0v) is 16.8. The third kappa shape index (κ3) is 4.84. The van der Waals surface area contributed by atoms with Crippen molar-refractivity contribution < 1.29 is 9.53 Å². The van der Waals surface area contributed by atoms with E-state index >= 15 is 0 Å². The highest BCUT2D eigenvalue weighted by molar-refractivity contribution is 5.95. The Morgan fingerprint density at radius 3 is 2.39 bits per heavy atom. The Morgan fingerprint density at radius 1 is 1.18 bits per heavy atom. The minimum absolute atomic E-state index is 0. The Labute approximate surface area is 170 Å². The smallest absolute Gasteiger partial charge is 0.332 e. The molecule has 0 unspecified atom stereocenters. The quantitative estimate of drug-likeness (QED) is 0.437. The van der Waals surface area contributed by atoms with Crippen molar-refractivity contribution in [3.63, 3.8) is 0 Å². The standard InChI is InChI=1S/C20H26N4O3.ClH/c1-27-18(25)11-4-14-2-7-16(8-3-14)23-12-13-24(20(23)26)17-9-5-15(6-10-17)19(21)22;/h5-6,9-10,12-14,16H,2-4,7-8,11H2,1H3,(H3,21,22);1H/t14-,16+;. The summed E-state index contributed by atoms with van der Waals surface area (Å²) >= 11 is 0. The maximum Gasteiger partial charge on any atom is 0.332 e. The van der Waals surface area contributed by atoms with Crippen molar-refractivity contribution in [2.75, 3.05) is 7.11 Å². The molecule has 28 heavy (non-hydrogen) atoms. The molecule has 0 atom stereocenters. The van der Waals surface area contributed by atoms with E-state index in [1.807, 2.05) is 10.8 Å². The Bertz CT molecular complexity index is 864. The summed E-state index contributed by atoms with van der Waals surface area (Å²) < 4.78 is 8.14. The van der Waals surface area contributed by atoms with Gasteiger partial charge in [-0.25, -0.2) is 4.79 Å². The van der Waals surface area contributed by atoms with E-state index in [2.05, 4.69) is 0 Å². The molecule has 0 radical (unpaired) electrons. The van der Waals surface area contributed by atoms with Crippen molar-refractivity contribution in [2.45, 2.75) is 44.6 Å². The Hall–Kier alpha value is -2.54. The molecular weight excluding hydrogens is 380 g/mol. The molecule has 1 heterocycles. The second-order valence-corrected chi connectivity index (χ2v) is 7.11. The van der Waals surface area contributed by atoms with Gasteiger partial charge in [0.1, 0.15) is 5.84 Å². The van der Waals surface area contributed by atoms with Gasteiger partial charge in [-0.1, -0.05) is 0 Å². The summed E-state index contributed by atoms with van der Waals surface area (Å²) in [5.41, 5.74) is 6.82. The fourth-order valence-corrected chi connectivity index (χ4v) is 3.80. The van der Waals surface area contributed by atoms with Gasteiger partial charge in [-0.15, -0.1) is 12.4 Å². The number of amidine groups is 1. The molecule has 8 heteroatoms. The number of carbonyl (C=O) groups is 1. The molecule has 0 saturated heterocycles. The van der Waals surface area contributed by atoms with Gasteiger partial charge >= 0.3 is 11.7 Å². The van der Waals surface area contributed by atoms with Crippen molar-refractivity contribution in [1.29, 1.82) is 5.41 Å². The molecule has 0 amide bonds. The van der Waals surface area contributed by atoms with Gasteiger partial charge < -0.3 is 10.5 Å². The molecule has 0 bridgehead atoms. The van der Waals surface area contributed by atoms with Gasteiger partial charge in [0.2, 0.25) is 0 Å². The molecule has 0 spiro atoms. The van der Waals surface area contributed by atoms with Crippen LogP contribution in [-0.4, -0.2) is 28.0 Å². The normalized spacial score (nSPS) is 18.9. The summed E-state index contributed by atoms with van der Waals surface area (Å²) in [4.78, 5) is 24.1. The van der Waals surface area contributed by atoms with E-state index in [1.165, 1.54) is 7.11 Å². The fourth-order valence-electron chi connectivity index (χ4n) is 3.80. The van der Waals surface area contributed by atoms with Gasteiger partial charge in [0.15, 0.2) is 0 Å². The van der Waals surface area contributed by atoms with E-state index in [4.69, 9.17) is 15.9 Å². The summed E-state index contributed by atoms with van der Waals surface area (Å²) in [5, 5.41) is 7.45. The number of hydrogen-bond acceptors (Lipinski definition) is 4. The van der Waals surface area contributed by atoms with Crippen molar-refractivity contribution in [2.24, 2.45) is 11.7 Å². The largest absolute Gasteiger partial charge is 0.469 e. The lowest BCUT2D eigenvalue weighted by Crippen LogP contribution is -2.29. The lowest BCUT2D eigenvalue weighted by atomic mass is 9.83. The van der Waals surface area contributed by atoms with E-state index in [0.29, 0.717) is 17.9 Å². The summed E-state index contributed by atoms with van der Waals surface area (Å²) in [6.45, 7) is 0. The highest BCUT2D eigenvalue weighted by Crippen LogP contribution is 2.33. The molecule has 3 rings (SSSR count). The second kappa shape index (κ2) is 9.59. The number of aromatic nitrogens is 2. The monoisotopic (exact) mass is 406 g/mol. The molecule has 2 aromatic rings. The van der Waals surface area contributed by atoms with Crippen LogP contribution in [0.15, 0.2) is 41.5 Å². The number of methoxy groups -OCH3 is 1. The Balaban J connectivity index is 0.00000280. The lowest BCUT2D eigenvalue weighted by molar-refractivity contribution is -0.141. The summed E-state index contributed by atoms with van der Waals surface area (Å²) in [6, 6.07) is 7.28. The van der Waals surface area contributed by atoms with Crippen LogP contribution >= 0.6 is 12.4 Å². The Kier molecular flexibility index (Phi) is 7.45. The summed E-state index contributed by atoms with van der Waals surface area (Å²) in [5.74, 6) is 0.383. The molecule has 152 valence electrons. The molecule has 3 N–H and O–H groups in total. The van der Waals surface area contributed by atoms with Gasteiger partial charge in [-0.05, 0) is 62.3 Å². The number of hydrogen-bond donors (Lipinski definition) is 2. The number of halogens is 1. The lowest BCUT2D eigenvalue weighted by Gasteiger charge is -2.28. The molecule has 0 aliphatic heterocycles. The van der Waals surface area contributed by atoms with Crippen LogP contribution < -0.4 is 11.4 Å². The van der Waals surface area contributed by atoms with E-state index in [0.717, 1.165) is 37.8 Å². The number of benzene rings is 1. The number of nitrogens with two attached hydrogens (primary N) is 1. The van der Waals surface area contributed by atoms with Gasteiger partial charge in [0, 0.05) is 30.4 Å². The molecule has 1 aliphatic carbocycles. The van der Waals surface area contributed by atoms with E-state index in [1.54, 1.807) is 35.0 Å². The zero-order valence-electron chi connectivity index (χ0n) is 16.0. The SMILES string of the molecule is COC(=O)CC[C@H]1CC[C@@H](n2ccn(-c3ccc(C(=N)N)cc3)c2=O)CC1.Cl. The van der Waals surface area contributed by atoms with Crippen LogP contribution in [0.2, 0.25) is 0 Å². The van der Waals surface area contributed by atoms with Crippen LogP contribution in [0.5, 0.6) is 0 Å². The number of rotatable bonds is 6. The highest BCUT2D eigenvalue weighted by atomic mass is 35.5. The molecule has 7 nitrogen and oxygen atoms in total. The minimum Gasteiger partial charge on any atom is -0.469 e. The number of esters is 1. The van der Waals surface area contributed by atoms with Gasteiger partial charge in [0.25, 0.3) is 0 Å². The van der Waals surface area contributed by atoms with Crippen LogP contribution in [0.25, 0.3) is 5.69 Å². The predicted molar refractivity (Wildman–Crippen MR) is 111 cm³/mol. The number of ether oxygens (including phenoxy) is 1. The first-order chi connectivity index (χ1) is 13.0. The van der Waals surface area contributed by atoms with Gasteiger partial charge in [-0.3, -0.25) is 19.3 Å². The highest BCUT2D eigenvalue weighted by Gasteiger charge is 2.24.